The molecule has 0 amide bonds. The first kappa shape index (κ1) is 37.2. The van der Waals surface area contributed by atoms with E-state index in [0.29, 0.717) is 30.1 Å². The number of hydrogen-bond donors (Lipinski definition) is 0. The van der Waals surface area contributed by atoms with E-state index in [2.05, 4.69) is 37.9 Å². The SMILES string of the molecule is C#Cc1ccc(C)cc1.Cc1ccc(C#Cc2nn3c(C4CCOCC4)ncc3c(=O)n2C)cc1.Cn1c(Cl)nn2c(C3CCOCC3)ncc2c1=O. The van der Waals surface area contributed by atoms with Gasteiger partial charge in [-0.25, -0.2) is 19.0 Å². The van der Waals surface area contributed by atoms with Gasteiger partial charge in [0.1, 0.15) is 11.6 Å². The average Bonchev–Trinajstić information content (AvgIpc) is 3.82. The number of halogens is 1. The lowest BCUT2D eigenvalue weighted by atomic mass is 10.00. The third-order valence-electron chi connectivity index (χ3n) is 9.31. The Balaban J connectivity index is 0.000000153. The Bertz CT molecular complexity index is 2430. The van der Waals surface area contributed by atoms with Crippen LogP contribution >= 0.6 is 11.6 Å². The number of terminal acetylenes is 1. The van der Waals surface area contributed by atoms with Crippen LogP contribution in [0.25, 0.3) is 11.0 Å². The number of ether oxygens (including phenoxy) is 2. The lowest BCUT2D eigenvalue weighted by molar-refractivity contribution is 0.0831. The first-order valence-corrected chi connectivity index (χ1v) is 17.8. The van der Waals surface area contributed by atoms with E-state index < -0.39 is 0 Å². The van der Waals surface area contributed by atoms with Gasteiger partial charge in [0.15, 0.2) is 11.0 Å². The molecule has 0 saturated carbocycles. The molecular weight excluding hydrogens is 692 g/mol. The Morgan fingerprint density at radius 2 is 1.13 bits per heavy atom. The molecular formula is C40H41ClN8O4. The molecule has 0 N–H and O–H groups in total. The van der Waals surface area contributed by atoms with Crippen molar-refractivity contribution in [2.45, 2.75) is 51.4 Å². The van der Waals surface area contributed by atoms with E-state index in [9.17, 15) is 9.59 Å². The standard InChI is InChI=1S/C20H20N4O2.C11H13ClN4O2.C9H8/c1-14-3-5-15(6-4-14)7-8-18-22-24-17(20(25)23(18)2)13-21-19(24)16-9-11-26-12-10-16;1-15-10(17)8-6-13-9(16(8)14-11(15)12)7-2-4-18-5-3-7;1-3-9-6-4-8(2)5-7-9/h3-6,13,16H,9-12H2,1-2H3;6-7H,2-5H2,1H3;1,4-7H,2H3. The quantitative estimate of drug-likeness (QED) is 0.229. The van der Waals surface area contributed by atoms with Gasteiger partial charge in [-0.15, -0.1) is 16.6 Å². The summed E-state index contributed by atoms with van der Waals surface area (Å²) in [5.74, 6) is 11.2. The van der Waals surface area contributed by atoms with Crippen LogP contribution in [0.1, 0.15) is 77.2 Å². The maximum absolute atomic E-state index is 12.7. The van der Waals surface area contributed by atoms with Crippen molar-refractivity contribution in [3.63, 3.8) is 0 Å². The number of benzene rings is 2. The summed E-state index contributed by atoms with van der Waals surface area (Å²) in [5, 5.41) is 8.98. The number of fused-ring (bicyclic) bond motifs is 2. The number of rotatable bonds is 2. The van der Waals surface area contributed by atoms with E-state index in [4.69, 9.17) is 27.5 Å². The van der Waals surface area contributed by atoms with Crippen LogP contribution in [0, 0.1) is 38.0 Å². The molecule has 4 aromatic heterocycles. The fraction of sp³-hybridized carbons (Fsp3) is 0.350. The van der Waals surface area contributed by atoms with Gasteiger partial charge in [-0.3, -0.25) is 18.7 Å². The molecule has 0 bridgehead atoms. The summed E-state index contributed by atoms with van der Waals surface area (Å²) in [6.07, 6.45) is 11.9. The molecule has 272 valence electrons. The molecule has 12 nitrogen and oxygen atoms in total. The Labute approximate surface area is 312 Å². The Morgan fingerprint density at radius 1 is 0.679 bits per heavy atom. The maximum Gasteiger partial charge on any atom is 0.280 e. The predicted octanol–water partition coefficient (Wildman–Crippen LogP) is 4.98. The first-order chi connectivity index (χ1) is 25.6. The van der Waals surface area contributed by atoms with E-state index in [1.165, 1.54) is 20.3 Å². The topological polar surface area (TPSA) is 123 Å². The van der Waals surface area contributed by atoms with E-state index in [0.717, 1.165) is 61.7 Å². The van der Waals surface area contributed by atoms with Crippen molar-refractivity contribution in [1.82, 2.24) is 38.3 Å². The van der Waals surface area contributed by atoms with Gasteiger partial charge in [0.2, 0.25) is 11.1 Å². The van der Waals surface area contributed by atoms with E-state index >= 15 is 0 Å². The van der Waals surface area contributed by atoms with Gasteiger partial charge in [-0.1, -0.05) is 47.2 Å². The number of nitrogens with zero attached hydrogens (tertiary/aromatic N) is 8. The normalized spacial score (nSPS) is 14.7. The summed E-state index contributed by atoms with van der Waals surface area (Å²) >= 11 is 5.94. The fourth-order valence-electron chi connectivity index (χ4n) is 6.05. The van der Waals surface area contributed by atoms with Gasteiger partial charge >= 0.3 is 0 Å². The highest BCUT2D eigenvalue weighted by Crippen LogP contribution is 2.26. The van der Waals surface area contributed by atoms with E-state index in [1.807, 2.05) is 62.4 Å². The molecule has 2 aromatic carbocycles. The van der Waals surface area contributed by atoms with Crippen molar-refractivity contribution >= 4 is 22.6 Å². The zero-order chi connectivity index (χ0) is 37.5. The first-order valence-electron chi connectivity index (χ1n) is 17.5. The highest BCUT2D eigenvalue weighted by atomic mass is 35.5. The van der Waals surface area contributed by atoms with Crippen LogP contribution in [-0.2, 0) is 23.6 Å². The van der Waals surface area contributed by atoms with Gasteiger partial charge in [0, 0.05) is 63.5 Å². The minimum absolute atomic E-state index is 0.140. The summed E-state index contributed by atoms with van der Waals surface area (Å²) in [4.78, 5) is 33.5. The minimum atomic E-state index is -0.180. The lowest BCUT2D eigenvalue weighted by Crippen LogP contribution is -2.25. The molecule has 0 spiro atoms. The second-order valence-corrected chi connectivity index (χ2v) is 13.4. The molecule has 2 fully saturated rings. The molecule has 0 unspecified atom stereocenters. The number of hydrogen-bond acceptors (Lipinski definition) is 8. The summed E-state index contributed by atoms with van der Waals surface area (Å²) in [6.45, 7) is 6.94. The van der Waals surface area contributed by atoms with E-state index in [-0.39, 0.29) is 28.2 Å². The zero-order valence-electron chi connectivity index (χ0n) is 30.3. The summed E-state index contributed by atoms with van der Waals surface area (Å²) in [5.41, 5.74) is 4.88. The molecule has 0 aliphatic carbocycles. The Kier molecular flexibility index (Phi) is 11.9. The average molecular weight is 733 g/mol. The van der Waals surface area contributed by atoms with Gasteiger partial charge < -0.3 is 9.47 Å². The smallest absolute Gasteiger partial charge is 0.280 e. The van der Waals surface area contributed by atoms with Crippen molar-refractivity contribution in [2.75, 3.05) is 26.4 Å². The summed E-state index contributed by atoms with van der Waals surface area (Å²) in [7, 11) is 3.29. The molecule has 6 heterocycles. The van der Waals surface area contributed by atoms with Gasteiger partial charge in [-0.05, 0) is 81.3 Å². The van der Waals surface area contributed by atoms with Crippen LogP contribution in [-0.4, -0.2) is 64.8 Å². The predicted molar refractivity (Wildman–Crippen MR) is 203 cm³/mol. The molecule has 13 heteroatoms. The molecule has 2 saturated heterocycles. The van der Waals surface area contributed by atoms with Crippen molar-refractivity contribution in [3.8, 4) is 24.2 Å². The monoisotopic (exact) mass is 732 g/mol. The molecule has 6 aromatic rings. The molecule has 8 rings (SSSR count). The highest BCUT2D eigenvalue weighted by molar-refractivity contribution is 6.28. The van der Waals surface area contributed by atoms with Crippen LogP contribution in [0.5, 0.6) is 0 Å². The third-order valence-corrected chi connectivity index (χ3v) is 9.64. The highest BCUT2D eigenvalue weighted by Gasteiger charge is 2.24. The van der Waals surface area contributed by atoms with E-state index in [1.54, 1.807) is 35.5 Å². The summed E-state index contributed by atoms with van der Waals surface area (Å²) < 4.78 is 16.8. The molecule has 2 aliphatic heterocycles. The number of aromatic nitrogens is 8. The lowest BCUT2D eigenvalue weighted by Gasteiger charge is -2.20. The molecule has 2 aliphatic rings. The van der Waals surface area contributed by atoms with Crippen molar-refractivity contribution in [3.05, 3.63) is 127 Å². The van der Waals surface area contributed by atoms with Crippen LogP contribution in [0.3, 0.4) is 0 Å². The van der Waals surface area contributed by atoms with Crippen LogP contribution in [0.4, 0.5) is 0 Å². The largest absolute Gasteiger partial charge is 0.381 e. The fourth-order valence-corrected chi connectivity index (χ4v) is 6.20. The van der Waals surface area contributed by atoms with Crippen LogP contribution < -0.4 is 11.1 Å². The van der Waals surface area contributed by atoms with Crippen molar-refractivity contribution in [1.29, 1.82) is 0 Å². The number of imidazole rings is 2. The molecule has 0 radical (unpaired) electrons. The van der Waals surface area contributed by atoms with Crippen molar-refractivity contribution < 1.29 is 9.47 Å². The second-order valence-electron chi connectivity index (χ2n) is 13.0. The minimum Gasteiger partial charge on any atom is -0.381 e. The summed E-state index contributed by atoms with van der Waals surface area (Å²) in [6, 6.07) is 15.8. The second kappa shape index (κ2) is 16.9. The Morgan fingerprint density at radius 3 is 1.62 bits per heavy atom. The molecule has 0 atom stereocenters. The van der Waals surface area contributed by atoms with Crippen LogP contribution in [0.15, 0.2) is 70.5 Å². The third kappa shape index (κ3) is 8.58. The van der Waals surface area contributed by atoms with Crippen molar-refractivity contribution in [2.24, 2.45) is 14.1 Å². The van der Waals surface area contributed by atoms with Gasteiger partial charge in [0.05, 0.1) is 12.4 Å². The van der Waals surface area contributed by atoms with Crippen LogP contribution in [0.2, 0.25) is 5.28 Å². The maximum atomic E-state index is 12.7. The Hall–Kier alpha value is -5.53. The molecule has 53 heavy (non-hydrogen) atoms. The van der Waals surface area contributed by atoms with Gasteiger partial charge in [-0.2, -0.15) is 0 Å². The van der Waals surface area contributed by atoms with Gasteiger partial charge in [0.25, 0.3) is 11.1 Å². The zero-order valence-corrected chi connectivity index (χ0v) is 31.0. The number of aryl methyl sites for hydroxylation is 2.